The van der Waals surface area contributed by atoms with Crippen LogP contribution in [0, 0.1) is 5.92 Å². The van der Waals surface area contributed by atoms with Gasteiger partial charge < -0.3 is 15.3 Å². The Bertz CT molecular complexity index is 179. The van der Waals surface area contributed by atoms with E-state index >= 15 is 0 Å². The van der Waals surface area contributed by atoms with Gasteiger partial charge in [0.05, 0.1) is 6.61 Å². The molecule has 1 aliphatic rings. The van der Waals surface area contributed by atoms with Gasteiger partial charge >= 0.3 is 0 Å². The molecule has 1 fully saturated rings. The van der Waals surface area contributed by atoms with Crippen LogP contribution in [0.1, 0.15) is 19.3 Å². The van der Waals surface area contributed by atoms with Crippen LogP contribution in [-0.2, 0) is 4.79 Å². The van der Waals surface area contributed by atoms with Crippen molar-refractivity contribution in [1.29, 1.82) is 0 Å². The number of piperidine rings is 1. The molecule has 0 bridgehead atoms. The maximum absolute atomic E-state index is 11.6. The average molecular weight is 200 g/mol. The van der Waals surface area contributed by atoms with Gasteiger partial charge in [-0.1, -0.05) is 0 Å². The highest BCUT2D eigenvalue weighted by Crippen LogP contribution is 2.16. The summed E-state index contributed by atoms with van der Waals surface area (Å²) in [5, 5.41) is 12.0. The first-order chi connectivity index (χ1) is 6.74. The Hall–Kier alpha value is -0.610. The summed E-state index contributed by atoms with van der Waals surface area (Å²) in [6.07, 6.45) is 2.83. The summed E-state index contributed by atoms with van der Waals surface area (Å²) in [6.45, 7) is 2.56. The highest BCUT2D eigenvalue weighted by Gasteiger charge is 2.18. The Labute approximate surface area is 85.3 Å². The number of hydrogen-bond acceptors (Lipinski definition) is 3. The van der Waals surface area contributed by atoms with Crippen LogP contribution in [-0.4, -0.2) is 49.2 Å². The lowest BCUT2D eigenvalue weighted by Gasteiger charge is -2.24. The zero-order chi connectivity index (χ0) is 10.4. The van der Waals surface area contributed by atoms with E-state index in [1.165, 1.54) is 0 Å². The molecule has 0 atom stereocenters. The summed E-state index contributed by atoms with van der Waals surface area (Å²) in [6, 6.07) is 0. The monoisotopic (exact) mass is 200 g/mol. The highest BCUT2D eigenvalue weighted by molar-refractivity contribution is 5.76. The number of carbonyl (C=O) groups excluding carboxylic acids is 1. The lowest BCUT2D eigenvalue weighted by atomic mass is 9.94. The van der Waals surface area contributed by atoms with E-state index in [-0.39, 0.29) is 12.5 Å². The molecule has 1 saturated heterocycles. The number of nitrogens with one attached hydrogen (secondary N) is 1. The molecule has 4 heteroatoms. The van der Waals surface area contributed by atoms with E-state index < -0.39 is 0 Å². The highest BCUT2D eigenvalue weighted by atomic mass is 16.3. The minimum Gasteiger partial charge on any atom is -0.395 e. The average Bonchev–Trinajstić information content (AvgIpc) is 2.19. The summed E-state index contributed by atoms with van der Waals surface area (Å²) in [4.78, 5) is 13.2. The molecule has 0 saturated carbocycles. The normalized spacial score (nSPS) is 18.1. The van der Waals surface area contributed by atoms with Crippen molar-refractivity contribution in [3.05, 3.63) is 0 Å². The van der Waals surface area contributed by atoms with E-state index in [1.807, 2.05) is 0 Å². The van der Waals surface area contributed by atoms with Crippen molar-refractivity contribution in [2.24, 2.45) is 5.92 Å². The minimum atomic E-state index is 0.0501. The van der Waals surface area contributed by atoms with E-state index in [2.05, 4.69) is 5.32 Å². The van der Waals surface area contributed by atoms with Crippen molar-refractivity contribution < 1.29 is 9.90 Å². The Morgan fingerprint density at radius 3 is 2.71 bits per heavy atom. The van der Waals surface area contributed by atoms with Gasteiger partial charge in [0.1, 0.15) is 0 Å². The molecule has 0 aliphatic carbocycles. The van der Waals surface area contributed by atoms with Crippen LogP contribution < -0.4 is 5.32 Å². The molecule has 1 heterocycles. The number of amides is 1. The second-order valence-electron chi connectivity index (χ2n) is 3.94. The second-order valence-corrected chi connectivity index (χ2v) is 3.94. The molecule has 82 valence electrons. The standard InChI is InChI=1S/C10H20N2O2/c1-12(6-7-13)10(14)8-9-2-4-11-5-3-9/h9,11,13H,2-8H2,1H3. The smallest absolute Gasteiger partial charge is 0.222 e. The van der Waals surface area contributed by atoms with E-state index in [0.29, 0.717) is 18.9 Å². The predicted molar refractivity (Wildman–Crippen MR) is 54.9 cm³/mol. The quantitative estimate of drug-likeness (QED) is 0.662. The molecule has 1 aliphatic heterocycles. The lowest BCUT2D eigenvalue weighted by Crippen LogP contribution is -2.34. The number of hydrogen-bond donors (Lipinski definition) is 2. The number of aliphatic hydroxyl groups excluding tert-OH is 1. The fraction of sp³-hybridized carbons (Fsp3) is 0.900. The summed E-state index contributed by atoms with van der Waals surface area (Å²) >= 11 is 0. The fourth-order valence-corrected chi connectivity index (χ4v) is 1.76. The van der Waals surface area contributed by atoms with Crippen molar-refractivity contribution in [3.8, 4) is 0 Å². The van der Waals surface area contributed by atoms with Crippen molar-refractivity contribution >= 4 is 5.91 Å². The molecule has 1 amide bonds. The fourth-order valence-electron chi connectivity index (χ4n) is 1.76. The third-order valence-electron chi connectivity index (χ3n) is 2.78. The van der Waals surface area contributed by atoms with E-state index in [0.717, 1.165) is 25.9 Å². The molecule has 0 unspecified atom stereocenters. The van der Waals surface area contributed by atoms with Gasteiger partial charge in [0.2, 0.25) is 5.91 Å². The molecule has 0 spiro atoms. The Morgan fingerprint density at radius 1 is 1.50 bits per heavy atom. The minimum absolute atomic E-state index is 0.0501. The molecule has 14 heavy (non-hydrogen) atoms. The number of rotatable bonds is 4. The predicted octanol–water partition coefficient (Wildman–Crippen LogP) is -0.173. The molecule has 0 radical (unpaired) electrons. The zero-order valence-corrected chi connectivity index (χ0v) is 8.83. The first-order valence-corrected chi connectivity index (χ1v) is 5.29. The van der Waals surface area contributed by atoms with Gasteiger partial charge in [-0.05, 0) is 31.8 Å². The summed E-state index contributed by atoms with van der Waals surface area (Å²) in [5.41, 5.74) is 0. The van der Waals surface area contributed by atoms with Crippen LogP contribution in [0.4, 0.5) is 0 Å². The van der Waals surface area contributed by atoms with Crippen LogP contribution in [0.15, 0.2) is 0 Å². The third-order valence-corrected chi connectivity index (χ3v) is 2.78. The third kappa shape index (κ3) is 3.64. The zero-order valence-electron chi connectivity index (χ0n) is 8.83. The van der Waals surface area contributed by atoms with Crippen LogP contribution in [0.2, 0.25) is 0 Å². The van der Waals surface area contributed by atoms with E-state index in [1.54, 1.807) is 11.9 Å². The van der Waals surface area contributed by atoms with Crippen molar-refractivity contribution in [2.45, 2.75) is 19.3 Å². The summed E-state index contributed by atoms with van der Waals surface area (Å²) < 4.78 is 0. The lowest BCUT2D eigenvalue weighted by molar-refractivity contribution is -0.131. The Balaban J connectivity index is 2.24. The van der Waals surface area contributed by atoms with Crippen LogP contribution in [0.5, 0.6) is 0 Å². The Morgan fingerprint density at radius 2 is 2.14 bits per heavy atom. The van der Waals surface area contributed by atoms with Gasteiger partial charge in [-0.2, -0.15) is 0 Å². The number of carbonyl (C=O) groups is 1. The van der Waals surface area contributed by atoms with Crippen LogP contribution in [0.3, 0.4) is 0 Å². The van der Waals surface area contributed by atoms with E-state index in [9.17, 15) is 4.79 Å². The number of likely N-dealkylation sites (N-methyl/N-ethyl adjacent to an activating group) is 1. The molecular weight excluding hydrogens is 180 g/mol. The second kappa shape index (κ2) is 5.98. The maximum atomic E-state index is 11.6. The molecule has 0 aromatic carbocycles. The molecule has 2 N–H and O–H groups in total. The molecule has 1 rings (SSSR count). The maximum Gasteiger partial charge on any atom is 0.222 e. The first-order valence-electron chi connectivity index (χ1n) is 5.29. The molecule has 0 aromatic heterocycles. The summed E-state index contributed by atoms with van der Waals surface area (Å²) in [7, 11) is 1.75. The SMILES string of the molecule is CN(CCO)C(=O)CC1CCNCC1. The van der Waals surface area contributed by atoms with Crippen LogP contribution >= 0.6 is 0 Å². The van der Waals surface area contributed by atoms with Gasteiger partial charge in [0.25, 0.3) is 0 Å². The van der Waals surface area contributed by atoms with Gasteiger partial charge in [0, 0.05) is 20.0 Å². The number of aliphatic hydroxyl groups is 1. The largest absolute Gasteiger partial charge is 0.395 e. The van der Waals surface area contributed by atoms with Gasteiger partial charge in [0.15, 0.2) is 0 Å². The van der Waals surface area contributed by atoms with E-state index in [4.69, 9.17) is 5.11 Å². The topological polar surface area (TPSA) is 52.6 Å². The van der Waals surface area contributed by atoms with Crippen molar-refractivity contribution in [1.82, 2.24) is 10.2 Å². The van der Waals surface area contributed by atoms with Gasteiger partial charge in [-0.3, -0.25) is 4.79 Å². The molecular formula is C10H20N2O2. The Kier molecular flexibility index (Phi) is 4.90. The van der Waals surface area contributed by atoms with Gasteiger partial charge in [-0.15, -0.1) is 0 Å². The molecule has 4 nitrogen and oxygen atoms in total. The van der Waals surface area contributed by atoms with Crippen molar-refractivity contribution in [2.75, 3.05) is 33.3 Å². The number of nitrogens with zero attached hydrogens (tertiary/aromatic N) is 1. The first kappa shape index (κ1) is 11.5. The molecule has 0 aromatic rings. The summed E-state index contributed by atoms with van der Waals surface area (Å²) in [5.74, 6) is 0.691. The van der Waals surface area contributed by atoms with Crippen molar-refractivity contribution in [3.63, 3.8) is 0 Å². The van der Waals surface area contributed by atoms with Crippen LogP contribution in [0.25, 0.3) is 0 Å². The van der Waals surface area contributed by atoms with Gasteiger partial charge in [-0.25, -0.2) is 0 Å².